The lowest BCUT2D eigenvalue weighted by atomic mass is 9.54. The van der Waals surface area contributed by atoms with Crippen LogP contribution >= 0.6 is 0 Å². The van der Waals surface area contributed by atoms with E-state index in [0.29, 0.717) is 13.0 Å². The summed E-state index contributed by atoms with van der Waals surface area (Å²) in [6, 6.07) is 0. The van der Waals surface area contributed by atoms with Crippen LogP contribution in [0.15, 0.2) is 0 Å². The Morgan fingerprint density at radius 2 is 1.79 bits per heavy atom. The van der Waals surface area contributed by atoms with E-state index in [1.165, 1.54) is 32.5 Å². The van der Waals surface area contributed by atoms with Gasteiger partial charge < -0.3 is 20.3 Å². The van der Waals surface area contributed by atoms with Gasteiger partial charge in [0.25, 0.3) is 0 Å². The average Bonchev–Trinajstić information content (AvgIpc) is 3.07. The minimum Gasteiger partial charge on any atom is -0.378 e. The third-order valence-corrected chi connectivity index (χ3v) is 6.83. The number of hydrogen-bond donors (Lipinski definition) is 1. The van der Waals surface area contributed by atoms with Crippen LogP contribution in [0, 0.1) is 11.3 Å². The number of amides is 1. The first kappa shape index (κ1) is 18.2. The Bertz CT molecular complexity index is 454. The number of piperidine rings is 1. The summed E-state index contributed by atoms with van der Waals surface area (Å²) in [5.74, 6) is 0.884. The summed E-state index contributed by atoms with van der Waals surface area (Å²) in [4.78, 5) is 17.7. The molecule has 2 heterocycles. The molecule has 138 valence electrons. The zero-order valence-electron chi connectivity index (χ0n) is 15.7. The smallest absolute Gasteiger partial charge is 0.243 e. The number of carbonyl (C=O) groups is 1. The quantitative estimate of drug-likeness (QED) is 0.832. The lowest BCUT2D eigenvalue weighted by molar-refractivity contribution is -0.180. The Morgan fingerprint density at radius 3 is 2.33 bits per heavy atom. The van der Waals surface area contributed by atoms with Crippen LogP contribution in [0.4, 0.5) is 0 Å². The van der Waals surface area contributed by atoms with E-state index in [0.717, 1.165) is 31.8 Å². The van der Waals surface area contributed by atoms with Crippen molar-refractivity contribution < 1.29 is 9.53 Å². The second kappa shape index (κ2) is 6.93. The summed E-state index contributed by atoms with van der Waals surface area (Å²) in [5.41, 5.74) is 5.52. The van der Waals surface area contributed by atoms with Gasteiger partial charge in [-0.05, 0) is 51.6 Å². The molecule has 0 aromatic heterocycles. The maximum atomic E-state index is 13.1. The van der Waals surface area contributed by atoms with E-state index in [-0.39, 0.29) is 17.4 Å². The Labute approximate surface area is 146 Å². The highest BCUT2D eigenvalue weighted by Gasteiger charge is 2.63. The first-order chi connectivity index (χ1) is 11.4. The van der Waals surface area contributed by atoms with Gasteiger partial charge in [-0.2, -0.15) is 0 Å². The third kappa shape index (κ3) is 3.11. The lowest BCUT2D eigenvalue weighted by Crippen LogP contribution is -2.76. The van der Waals surface area contributed by atoms with Crippen molar-refractivity contribution in [2.75, 3.05) is 39.3 Å². The van der Waals surface area contributed by atoms with E-state index in [1.54, 1.807) is 0 Å². The van der Waals surface area contributed by atoms with Crippen LogP contribution in [0.25, 0.3) is 0 Å². The Balaban J connectivity index is 1.51. The molecule has 0 spiro atoms. The number of nitrogens with zero attached hydrogens (tertiary/aromatic N) is 2. The normalized spacial score (nSPS) is 34.3. The van der Waals surface area contributed by atoms with E-state index in [1.807, 2.05) is 11.8 Å². The molecule has 1 saturated carbocycles. The number of ether oxygens (including phenoxy) is 1. The van der Waals surface area contributed by atoms with E-state index in [2.05, 4.69) is 18.7 Å². The summed E-state index contributed by atoms with van der Waals surface area (Å²) in [7, 11) is 0. The van der Waals surface area contributed by atoms with Gasteiger partial charge in [0, 0.05) is 38.1 Å². The average molecular weight is 338 g/mol. The summed E-state index contributed by atoms with van der Waals surface area (Å²) in [6.45, 7) is 12.3. The van der Waals surface area contributed by atoms with Crippen LogP contribution in [-0.4, -0.2) is 66.7 Å². The maximum Gasteiger partial charge on any atom is 0.243 e. The highest BCUT2D eigenvalue weighted by Crippen LogP contribution is 2.50. The Morgan fingerprint density at radius 1 is 1.17 bits per heavy atom. The summed E-state index contributed by atoms with van der Waals surface area (Å²) >= 11 is 0. The molecule has 2 saturated heterocycles. The van der Waals surface area contributed by atoms with E-state index in [9.17, 15) is 4.79 Å². The summed E-state index contributed by atoms with van der Waals surface area (Å²) in [5, 5.41) is 0. The number of rotatable bonds is 5. The van der Waals surface area contributed by atoms with Crippen molar-refractivity contribution in [1.82, 2.24) is 9.80 Å². The molecule has 1 aliphatic carbocycles. The number of carbonyl (C=O) groups excluding carboxylic acids is 1. The molecule has 3 rings (SSSR count). The van der Waals surface area contributed by atoms with Crippen LogP contribution in [0.1, 0.15) is 52.9 Å². The fraction of sp³-hybridized carbons (Fsp3) is 0.947. The Hall–Kier alpha value is -0.650. The second-order valence-corrected chi connectivity index (χ2v) is 8.58. The first-order valence-electron chi connectivity index (χ1n) is 9.80. The monoisotopic (exact) mass is 337 g/mol. The topological polar surface area (TPSA) is 58.8 Å². The minimum atomic E-state index is -0.755. The molecule has 5 heteroatoms. The zero-order chi connectivity index (χ0) is 17.4. The van der Waals surface area contributed by atoms with E-state index < -0.39 is 5.54 Å². The third-order valence-electron chi connectivity index (χ3n) is 6.83. The van der Waals surface area contributed by atoms with Crippen molar-refractivity contribution in [3.05, 3.63) is 0 Å². The molecule has 0 aromatic rings. The molecule has 5 nitrogen and oxygen atoms in total. The molecule has 24 heavy (non-hydrogen) atoms. The van der Waals surface area contributed by atoms with Gasteiger partial charge in [0.15, 0.2) is 0 Å². The van der Waals surface area contributed by atoms with Gasteiger partial charge in [0.1, 0.15) is 5.54 Å². The molecule has 3 fully saturated rings. The van der Waals surface area contributed by atoms with E-state index in [4.69, 9.17) is 10.5 Å². The number of hydrogen-bond acceptors (Lipinski definition) is 4. The van der Waals surface area contributed by atoms with Gasteiger partial charge in [-0.15, -0.1) is 0 Å². The van der Waals surface area contributed by atoms with Gasteiger partial charge in [-0.1, -0.05) is 13.8 Å². The molecule has 0 aromatic carbocycles. The first-order valence-corrected chi connectivity index (χ1v) is 9.80. The molecule has 2 unspecified atom stereocenters. The van der Waals surface area contributed by atoms with Crippen molar-refractivity contribution in [2.45, 2.75) is 64.5 Å². The van der Waals surface area contributed by atoms with Gasteiger partial charge in [-0.25, -0.2) is 0 Å². The molecular weight excluding hydrogens is 302 g/mol. The molecule has 0 bridgehead atoms. The van der Waals surface area contributed by atoms with Crippen molar-refractivity contribution in [1.29, 1.82) is 0 Å². The predicted octanol–water partition coefficient (Wildman–Crippen LogP) is 1.85. The van der Waals surface area contributed by atoms with Gasteiger partial charge >= 0.3 is 0 Å². The van der Waals surface area contributed by atoms with Gasteiger partial charge in [-0.3, -0.25) is 4.79 Å². The lowest BCUT2D eigenvalue weighted by Gasteiger charge is -2.59. The highest BCUT2D eigenvalue weighted by atomic mass is 16.5. The number of nitrogens with two attached hydrogens (primary N) is 1. The second-order valence-electron chi connectivity index (χ2n) is 8.58. The standard InChI is InChI=1S/C19H35N3O2/c1-4-24-16-13-19(20,18(16,2)3)17(23)22-11-7-15(8-12-22)14-21-9-5-6-10-21/h15-16H,4-14,20H2,1-3H3. The maximum absolute atomic E-state index is 13.1. The molecule has 2 aliphatic heterocycles. The van der Waals surface area contributed by atoms with E-state index >= 15 is 0 Å². The Kier molecular flexibility index (Phi) is 5.24. The van der Waals surface area contributed by atoms with Crippen LogP contribution in [0.3, 0.4) is 0 Å². The van der Waals surface area contributed by atoms with Gasteiger partial charge in [0.2, 0.25) is 5.91 Å². The van der Waals surface area contributed by atoms with Crippen LogP contribution in [-0.2, 0) is 9.53 Å². The van der Waals surface area contributed by atoms with Crippen LogP contribution in [0.2, 0.25) is 0 Å². The predicted molar refractivity (Wildman–Crippen MR) is 95.7 cm³/mol. The highest BCUT2D eigenvalue weighted by molar-refractivity contribution is 5.89. The van der Waals surface area contributed by atoms with Crippen molar-refractivity contribution in [3.63, 3.8) is 0 Å². The van der Waals surface area contributed by atoms with Crippen molar-refractivity contribution in [2.24, 2.45) is 17.1 Å². The molecule has 1 amide bonds. The fourth-order valence-corrected chi connectivity index (χ4v) is 4.73. The molecule has 2 N–H and O–H groups in total. The van der Waals surface area contributed by atoms with Crippen LogP contribution < -0.4 is 5.73 Å². The summed E-state index contributed by atoms with van der Waals surface area (Å²) in [6.07, 6.45) is 5.69. The zero-order valence-corrected chi connectivity index (χ0v) is 15.7. The molecule has 2 atom stereocenters. The summed E-state index contributed by atoms with van der Waals surface area (Å²) < 4.78 is 5.76. The molecular formula is C19H35N3O2. The molecule has 0 radical (unpaired) electrons. The van der Waals surface area contributed by atoms with Crippen LogP contribution in [0.5, 0.6) is 0 Å². The largest absolute Gasteiger partial charge is 0.378 e. The van der Waals surface area contributed by atoms with Crippen molar-refractivity contribution in [3.8, 4) is 0 Å². The SMILES string of the molecule is CCOC1CC(N)(C(=O)N2CCC(CN3CCCC3)CC2)C1(C)C. The fourth-order valence-electron chi connectivity index (χ4n) is 4.73. The molecule has 3 aliphatic rings. The van der Waals surface area contributed by atoms with Crippen molar-refractivity contribution >= 4 is 5.91 Å². The van der Waals surface area contributed by atoms with Gasteiger partial charge in [0.05, 0.1) is 6.10 Å². The minimum absolute atomic E-state index is 0.101. The number of likely N-dealkylation sites (tertiary alicyclic amines) is 2.